The second kappa shape index (κ2) is 8.08. The van der Waals surface area contributed by atoms with Crippen LogP contribution in [0.1, 0.15) is 10.4 Å². The number of fused-ring (bicyclic) bond motifs is 1. The number of hydrogen-bond donors (Lipinski definition) is 1. The number of nitrogens with one attached hydrogen (secondary N) is 1. The van der Waals surface area contributed by atoms with Crippen LogP contribution in [0.4, 0.5) is 27.6 Å². The Morgan fingerprint density at radius 1 is 0.906 bits per heavy atom. The summed E-state index contributed by atoms with van der Waals surface area (Å²) in [4.78, 5) is 13.5. The number of benzene rings is 3. The van der Waals surface area contributed by atoms with Crippen LogP contribution < -0.4 is 10.1 Å². The van der Waals surface area contributed by atoms with Crippen LogP contribution in [0.15, 0.2) is 36.4 Å². The summed E-state index contributed by atoms with van der Waals surface area (Å²) in [5.74, 6) is -12.3. The van der Waals surface area contributed by atoms with Gasteiger partial charge < -0.3 is 10.1 Å². The highest BCUT2D eigenvalue weighted by Gasteiger charge is 2.29. The molecule has 32 heavy (non-hydrogen) atoms. The molecule has 12 heteroatoms. The number of carbonyl (C=O) groups excluding carboxylic acids is 1. The van der Waals surface area contributed by atoms with Crippen molar-refractivity contribution < 1.29 is 31.5 Å². The molecule has 0 aliphatic rings. The molecular formula is C20H10ClF5N4O2. The second-order valence-electron chi connectivity index (χ2n) is 6.41. The van der Waals surface area contributed by atoms with Crippen LogP contribution in [0.2, 0.25) is 5.02 Å². The monoisotopic (exact) mass is 468 g/mol. The van der Waals surface area contributed by atoms with E-state index in [0.717, 1.165) is 0 Å². The zero-order valence-corrected chi connectivity index (χ0v) is 16.6. The molecule has 1 N–H and O–H groups in total. The maximum absolute atomic E-state index is 13.9. The molecule has 0 bridgehead atoms. The second-order valence-corrected chi connectivity index (χ2v) is 6.82. The highest BCUT2D eigenvalue weighted by molar-refractivity contribution is 6.32. The van der Waals surface area contributed by atoms with Crippen molar-refractivity contribution in [1.29, 1.82) is 0 Å². The molecule has 0 saturated carbocycles. The van der Waals surface area contributed by atoms with E-state index in [2.05, 4.69) is 15.5 Å². The Morgan fingerprint density at radius 2 is 1.53 bits per heavy atom. The molecular weight excluding hydrogens is 459 g/mol. The minimum Gasteiger partial charge on any atom is -0.495 e. The lowest BCUT2D eigenvalue weighted by Crippen LogP contribution is -2.19. The lowest BCUT2D eigenvalue weighted by molar-refractivity contribution is 0.101. The number of amides is 1. The van der Waals surface area contributed by atoms with E-state index in [1.807, 2.05) is 0 Å². The Hall–Kier alpha value is -3.73. The van der Waals surface area contributed by atoms with Crippen molar-refractivity contribution in [2.75, 3.05) is 12.4 Å². The third-order valence-electron chi connectivity index (χ3n) is 4.44. The SMILES string of the molecule is COc1ccc(-n2nc3ccc(NC(=O)c4c(F)c(F)c(F)c(F)c4F)cc3n2)cc1Cl. The lowest BCUT2D eigenvalue weighted by Gasteiger charge is -2.09. The van der Waals surface area contributed by atoms with Crippen molar-refractivity contribution in [3.63, 3.8) is 0 Å². The maximum Gasteiger partial charge on any atom is 0.261 e. The maximum atomic E-state index is 13.9. The minimum atomic E-state index is -2.35. The molecule has 0 aliphatic carbocycles. The molecule has 1 heterocycles. The number of halogens is 6. The standard InChI is InChI=1S/C20H10ClF5N4O2/c1-32-13-5-3-9(7-10(13)21)30-28-11-4-2-8(6-12(11)29-30)27-20(31)14-15(22)17(24)19(26)18(25)16(14)23/h2-7H,1H3,(H,27,31). The fourth-order valence-electron chi connectivity index (χ4n) is 2.89. The van der Waals surface area contributed by atoms with Crippen molar-refractivity contribution in [2.24, 2.45) is 0 Å². The van der Waals surface area contributed by atoms with Gasteiger partial charge in [0.1, 0.15) is 22.3 Å². The van der Waals surface area contributed by atoms with E-state index in [1.54, 1.807) is 18.2 Å². The van der Waals surface area contributed by atoms with E-state index >= 15 is 0 Å². The number of rotatable bonds is 4. The Bertz CT molecular complexity index is 1360. The predicted octanol–water partition coefficient (Wildman–Crippen LogP) is 5.03. The predicted molar refractivity (Wildman–Crippen MR) is 105 cm³/mol. The van der Waals surface area contributed by atoms with Gasteiger partial charge in [-0.1, -0.05) is 11.6 Å². The van der Waals surface area contributed by atoms with Crippen molar-refractivity contribution in [1.82, 2.24) is 15.0 Å². The van der Waals surface area contributed by atoms with E-state index in [1.165, 1.54) is 30.1 Å². The quantitative estimate of drug-likeness (QED) is 0.259. The molecule has 0 saturated heterocycles. The highest BCUT2D eigenvalue weighted by atomic mass is 35.5. The van der Waals surface area contributed by atoms with Gasteiger partial charge in [-0.25, -0.2) is 22.0 Å². The number of carbonyl (C=O) groups is 1. The summed E-state index contributed by atoms with van der Waals surface area (Å²) >= 11 is 6.10. The Balaban J connectivity index is 1.66. The van der Waals surface area contributed by atoms with Gasteiger partial charge in [0.15, 0.2) is 23.3 Å². The van der Waals surface area contributed by atoms with Gasteiger partial charge >= 0.3 is 0 Å². The summed E-state index contributed by atoms with van der Waals surface area (Å²) in [5, 5.41) is 10.9. The first-order valence-corrected chi connectivity index (χ1v) is 9.13. The van der Waals surface area contributed by atoms with E-state index < -0.39 is 40.6 Å². The van der Waals surface area contributed by atoms with Crippen molar-refractivity contribution in [3.8, 4) is 11.4 Å². The number of methoxy groups -OCH3 is 1. The smallest absolute Gasteiger partial charge is 0.261 e. The number of aromatic nitrogens is 3. The Kier molecular flexibility index (Phi) is 5.43. The summed E-state index contributed by atoms with van der Waals surface area (Å²) < 4.78 is 72.7. The molecule has 0 radical (unpaired) electrons. The molecule has 1 aromatic heterocycles. The largest absolute Gasteiger partial charge is 0.495 e. The van der Waals surface area contributed by atoms with Crippen molar-refractivity contribution in [3.05, 3.63) is 76.1 Å². The molecule has 0 unspecified atom stereocenters. The van der Waals surface area contributed by atoms with E-state index in [0.29, 0.717) is 22.0 Å². The summed E-state index contributed by atoms with van der Waals surface area (Å²) in [6, 6.07) is 8.90. The number of hydrogen-bond acceptors (Lipinski definition) is 4. The fraction of sp³-hybridized carbons (Fsp3) is 0.0500. The molecule has 0 atom stereocenters. The lowest BCUT2D eigenvalue weighted by atomic mass is 10.1. The summed E-state index contributed by atoms with van der Waals surface area (Å²) in [6.07, 6.45) is 0. The Labute approximate surface area is 181 Å². The molecule has 0 fully saturated rings. The first-order chi connectivity index (χ1) is 15.2. The fourth-order valence-corrected chi connectivity index (χ4v) is 3.14. The summed E-state index contributed by atoms with van der Waals surface area (Å²) in [6.45, 7) is 0. The molecule has 1 amide bonds. The van der Waals surface area contributed by atoms with Crippen LogP contribution in [-0.4, -0.2) is 28.0 Å². The third-order valence-corrected chi connectivity index (χ3v) is 4.74. The van der Waals surface area contributed by atoms with Gasteiger partial charge in [-0.2, -0.15) is 4.80 Å². The van der Waals surface area contributed by atoms with Gasteiger partial charge in [0.25, 0.3) is 5.91 Å². The van der Waals surface area contributed by atoms with Gasteiger partial charge in [-0.15, -0.1) is 10.2 Å². The molecule has 0 spiro atoms. The average Bonchev–Trinajstić information content (AvgIpc) is 3.20. The topological polar surface area (TPSA) is 69.0 Å². The summed E-state index contributed by atoms with van der Waals surface area (Å²) in [5.41, 5.74) is -0.443. The van der Waals surface area contributed by atoms with Crippen molar-refractivity contribution >= 4 is 34.2 Å². The third kappa shape index (κ3) is 3.60. The van der Waals surface area contributed by atoms with Gasteiger partial charge in [0, 0.05) is 5.69 Å². The number of nitrogens with zero attached hydrogens (tertiary/aromatic N) is 3. The molecule has 3 aromatic carbocycles. The van der Waals surface area contributed by atoms with Crippen LogP contribution in [0.25, 0.3) is 16.7 Å². The molecule has 0 aliphatic heterocycles. The Morgan fingerprint density at radius 3 is 2.16 bits per heavy atom. The van der Waals surface area contributed by atoms with Crippen LogP contribution in [0.3, 0.4) is 0 Å². The zero-order valence-electron chi connectivity index (χ0n) is 15.9. The molecule has 164 valence electrons. The number of ether oxygens (including phenoxy) is 1. The molecule has 6 nitrogen and oxygen atoms in total. The zero-order chi connectivity index (χ0) is 23.2. The van der Waals surface area contributed by atoms with Crippen molar-refractivity contribution in [2.45, 2.75) is 0 Å². The first kappa shape index (κ1) is 21.5. The van der Waals surface area contributed by atoms with Gasteiger partial charge in [0.2, 0.25) is 5.82 Å². The number of anilines is 1. The summed E-state index contributed by atoms with van der Waals surface area (Å²) in [7, 11) is 1.46. The van der Waals surface area contributed by atoms with Crippen LogP contribution in [0, 0.1) is 29.1 Å². The van der Waals surface area contributed by atoms with Crippen LogP contribution >= 0.6 is 11.6 Å². The minimum absolute atomic E-state index is 0.00810. The highest BCUT2D eigenvalue weighted by Crippen LogP contribution is 2.27. The van der Waals surface area contributed by atoms with Gasteiger partial charge in [-0.05, 0) is 36.4 Å². The van der Waals surface area contributed by atoms with Crippen LogP contribution in [0.5, 0.6) is 5.75 Å². The van der Waals surface area contributed by atoms with E-state index in [-0.39, 0.29) is 11.2 Å². The first-order valence-electron chi connectivity index (χ1n) is 8.75. The normalized spacial score (nSPS) is 11.1. The van der Waals surface area contributed by atoms with Gasteiger partial charge in [-0.3, -0.25) is 4.79 Å². The van der Waals surface area contributed by atoms with E-state index in [4.69, 9.17) is 16.3 Å². The van der Waals surface area contributed by atoms with Gasteiger partial charge in [0.05, 0.1) is 17.8 Å². The average molecular weight is 469 g/mol. The van der Waals surface area contributed by atoms with Crippen LogP contribution in [-0.2, 0) is 0 Å². The molecule has 4 rings (SSSR count). The molecule has 4 aromatic rings. The van der Waals surface area contributed by atoms with E-state index in [9.17, 15) is 26.7 Å².